The fourth-order valence-corrected chi connectivity index (χ4v) is 2.36. The van der Waals surface area contributed by atoms with Crippen molar-refractivity contribution in [1.82, 2.24) is 5.32 Å². The van der Waals surface area contributed by atoms with Crippen LogP contribution in [0.15, 0.2) is 48.5 Å². The summed E-state index contributed by atoms with van der Waals surface area (Å²) < 4.78 is 11.1. The van der Waals surface area contributed by atoms with Gasteiger partial charge in [-0.3, -0.25) is 0 Å². The van der Waals surface area contributed by atoms with Gasteiger partial charge in [-0.25, -0.2) is 0 Å². The summed E-state index contributed by atoms with van der Waals surface area (Å²) in [6.45, 7) is 2.84. The molecule has 1 unspecified atom stereocenters. The Labute approximate surface area is 126 Å². The van der Waals surface area contributed by atoms with E-state index in [2.05, 4.69) is 30.4 Å². The van der Waals surface area contributed by atoms with Crippen molar-refractivity contribution in [3.8, 4) is 11.5 Å². The van der Waals surface area contributed by atoms with Gasteiger partial charge in [-0.05, 0) is 37.2 Å². The predicted molar refractivity (Wildman–Crippen MR) is 86.1 cm³/mol. The summed E-state index contributed by atoms with van der Waals surface area (Å²) in [4.78, 5) is 0. The van der Waals surface area contributed by atoms with Gasteiger partial charge >= 0.3 is 0 Å². The van der Waals surface area contributed by atoms with Crippen LogP contribution in [0.25, 0.3) is 0 Å². The molecular weight excluding hydrogens is 262 g/mol. The van der Waals surface area contributed by atoms with Crippen LogP contribution in [-0.4, -0.2) is 20.8 Å². The molecule has 112 valence electrons. The molecule has 0 spiro atoms. The minimum atomic E-state index is 0.101. The number of benzene rings is 2. The van der Waals surface area contributed by atoms with Gasteiger partial charge in [-0.15, -0.1) is 0 Å². The number of nitrogens with one attached hydrogen (secondary N) is 1. The number of rotatable bonds is 7. The Morgan fingerprint density at radius 2 is 1.76 bits per heavy atom. The van der Waals surface area contributed by atoms with E-state index >= 15 is 0 Å². The molecule has 0 aliphatic heterocycles. The van der Waals surface area contributed by atoms with Gasteiger partial charge < -0.3 is 14.8 Å². The highest BCUT2D eigenvalue weighted by Gasteiger charge is 2.16. The summed E-state index contributed by atoms with van der Waals surface area (Å²) in [5.41, 5.74) is 2.34. The maximum absolute atomic E-state index is 5.87. The molecule has 2 aromatic carbocycles. The monoisotopic (exact) mass is 285 g/mol. The lowest BCUT2D eigenvalue weighted by atomic mass is 9.98. The summed E-state index contributed by atoms with van der Waals surface area (Å²) >= 11 is 0. The second-order valence-corrected chi connectivity index (χ2v) is 4.88. The van der Waals surface area contributed by atoms with Gasteiger partial charge in [0.15, 0.2) is 0 Å². The molecule has 0 aromatic heterocycles. The molecule has 0 saturated heterocycles. The Kier molecular flexibility index (Phi) is 5.64. The highest BCUT2D eigenvalue weighted by atomic mass is 16.5. The average molecular weight is 285 g/mol. The van der Waals surface area contributed by atoms with E-state index < -0.39 is 0 Å². The maximum Gasteiger partial charge on any atom is 0.124 e. The molecule has 3 nitrogen and oxygen atoms in total. The lowest BCUT2D eigenvalue weighted by Gasteiger charge is -2.21. The Morgan fingerprint density at radius 1 is 1.05 bits per heavy atom. The van der Waals surface area contributed by atoms with Crippen LogP contribution in [0.1, 0.15) is 30.5 Å². The maximum atomic E-state index is 5.87. The molecule has 21 heavy (non-hydrogen) atoms. The molecule has 0 amide bonds. The van der Waals surface area contributed by atoms with E-state index in [-0.39, 0.29) is 6.04 Å². The van der Waals surface area contributed by atoms with Gasteiger partial charge in [-0.1, -0.05) is 37.3 Å². The minimum Gasteiger partial charge on any atom is -0.497 e. The van der Waals surface area contributed by atoms with Crippen LogP contribution in [0.2, 0.25) is 0 Å². The Hall–Kier alpha value is -2.00. The molecular formula is C18H23NO2. The third-order valence-electron chi connectivity index (χ3n) is 3.43. The van der Waals surface area contributed by atoms with E-state index in [0.29, 0.717) is 0 Å². The van der Waals surface area contributed by atoms with E-state index in [4.69, 9.17) is 9.47 Å². The van der Waals surface area contributed by atoms with Crippen molar-refractivity contribution in [1.29, 1.82) is 0 Å². The normalized spacial score (nSPS) is 12.0. The number of hydrogen-bond acceptors (Lipinski definition) is 3. The van der Waals surface area contributed by atoms with Gasteiger partial charge in [0.1, 0.15) is 11.5 Å². The van der Waals surface area contributed by atoms with Crippen molar-refractivity contribution >= 4 is 0 Å². The van der Waals surface area contributed by atoms with Crippen LogP contribution in [0, 0.1) is 0 Å². The van der Waals surface area contributed by atoms with Gasteiger partial charge in [0.25, 0.3) is 0 Å². The first-order valence-corrected chi connectivity index (χ1v) is 7.33. The van der Waals surface area contributed by atoms with Gasteiger partial charge in [0.2, 0.25) is 0 Å². The summed E-state index contributed by atoms with van der Waals surface area (Å²) in [5.74, 6) is 1.80. The van der Waals surface area contributed by atoms with Crippen LogP contribution in [0.3, 0.4) is 0 Å². The third kappa shape index (κ3) is 3.76. The molecule has 0 radical (unpaired) electrons. The molecule has 2 rings (SSSR count). The molecule has 0 bridgehead atoms. The largest absolute Gasteiger partial charge is 0.497 e. The van der Waals surface area contributed by atoms with Crippen molar-refractivity contribution in [2.45, 2.75) is 19.4 Å². The van der Waals surface area contributed by atoms with E-state index in [1.165, 1.54) is 5.56 Å². The van der Waals surface area contributed by atoms with Crippen molar-refractivity contribution < 1.29 is 9.47 Å². The van der Waals surface area contributed by atoms with Crippen LogP contribution >= 0.6 is 0 Å². The first kappa shape index (κ1) is 15.4. The van der Waals surface area contributed by atoms with Gasteiger partial charge in [0, 0.05) is 5.56 Å². The van der Waals surface area contributed by atoms with E-state index in [1.54, 1.807) is 7.11 Å². The molecule has 0 saturated carbocycles. The first-order chi connectivity index (χ1) is 10.3. The zero-order chi connectivity index (χ0) is 15.1. The average Bonchev–Trinajstić information content (AvgIpc) is 2.55. The smallest absolute Gasteiger partial charge is 0.124 e. The molecule has 2 aromatic rings. The number of methoxy groups -OCH3 is 1. The summed E-state index contributed by atoms with van der Waals surface area (Å²) in [6, 6.07) is 16.4. The summed E-state index contributed by atoms with van der Waals surface area (Å²) in [6.07, 6.45) is 1.00. The van der Waals surface area contributed by atoms with Gasteiger partial charge in [0.05, 0.1) is 19.8 Å². The van der Waals surface area contributed by atoms with E-state index in [9.17, 15) is 0 Å². The third-order valence-corrected chi connectivity index (χ3v) is 3.43. The quantitative estimate of drug-likeness (QED) is 0.839. The van der Waals surface area contributed by atoms with Crippen molar-refractivity contribution in [2.75, 3.05) is 20.8 Å². The highest BCUT2D eigenvalue weighted by molar-refractivity contribution is 5.42. The number of para-hydroxylation sites is 1. The molecule has 0 aliphatic carbocycles. The fraction of sp³-hybridized carbons (Fsp3) is 0.333. The van der Waals surface area contributed by atoms with E-state index in [1.807, 2.05) is 37.4 Å². The van der Waals surface area contributed by atoms with Crippen LogP contribution < -0.4 is 14.8 Å². The van der Waals surface area contributed by atoms with Crippen molar-refractivity contribution in [3.05, 3.63) is 59.7 Å². The molecule has 0 aliphatic rings. The van der Waals surface area contributed by atoms with Crippen LogP contribution in [0.4, 0.5) is 0 Å². The fourth-order valence-electron chi connectivity index (χ4n) is 2.36. The first-order valence-electron chi connectivity index (χ1n) is 7.33. The molecule has 0 heterocycles. The lowest BCUT2D eigenvalue weighted by molar-refractivity contribution is 0.312. The topological polar surface area (TPSA) is 30.5 Å². The summed E-state index contributed by atoms with van der Waals surface area (Å²) in [7, 11) is 3.64. The van der Waals surface area contributed by atoms with Crippen LogP contribution in [-0.2, 0) is 0 Å². The number of hydrogen-bond donors (Lipinski definition) is 1. The predicted octanol–water partition coefficient (Wildman–Crippen LogP) is 3.79. The standard InChI is InChI=1S/C18H23NO2/c1-4-13-21-17-8-6-5-7-16(17)18(19-2)14-9-11-15(20-3)12-10-14/h5-12,18-19H,4,13H2,1-3H3. The second kappa shape index (κ2) is 7.70. The van der Waals surface area contributed by atoms with Crippen molar-refractivity contribution in [2.24, 2.45) is 0 Å². The Bertz CT molecular complexity index is 551. The van der Waals surface area contributed by atoms with Crippen LogP contribution in [0.5, 0.6) is 11.5 Å². The SMILES string of the molecule is CCCOc1ccccc1C(NC)c1ccc(OC)cc1. The molecule has 3 heteroatoms. The second-order valence-electron chi connectivity index (χ2n) is 4.88. The molecule has 1 atom stereocenters. The van der Waals surface area contributed by atoms with E-state index in [0.717, 1.165) is 30.1 Å². The number of ether oxygens (including phenoxy) is 2. The Morgan fingerprint density at radius 3 is 2.38 bits per heavy atom. The Balaban J connectivity index is 2.31. The zero-order valence-corrected chi connectivity index (χ0v) is 12.9. The highest BCUT2D eigenvalue weighted by Crippen LogP contribution is 2.30. The van der Waals surface area contributed by atoms with Crippen molar-refractivity contribution in [3.63, 3.8) is 0 Å². The molecule has 1 N–H and O–H groups in total. The molecule has 0 fully saturated rings. The zero-order valence-electron chi connectivity index (χ0n) is 12.9. The minimum absolute atomic E-state index is 0.101. The summed E-state index contributed by atoms with van der Waals surface area (Å²) in [5, 5.41) is 3.37. The van der Waals surface area contributed by atoms with Gasteiger partial charge in [-0.2, -0.15) is 0 Å². The lowest BCUT2D eigenvalue weighted by Crippen LogP contribution is -2.18.